The Bertz CT molecular complexity index is 1500. The maximum atomic E-state index is 15.5. The van der Waals surface area contributed by atoms with Gasteiger partial charge in [0.1, 0.15) is 0 Å². The highest BCUT2D eigenvalue weighted by molar-refractivity contribution is 7.79. The summed E-state index contributed by atoms with van der Waals surface area (Å²) in [5, 5.41) is 5.18. The fraction of sp³-hybridized carbons (Fsp3) is 0.0690. The van der Waals surface area contributed by atoms with E-state index in [0.717, 1.165) is 11.3 Å². The van der Waals surface area contributed by atoms with E-state index < -0.39 is 12.8 Å². The Kier molecular flexibility index (Phi) is 6.34. The van der Waals surface area contributed by atoms with Crippen LogP contribution in [-0.2, 0) is 4.57 Å². The molecule has 0 amide bonds. The molecule has 174 valence electrons. The number of rotatable bonds is 6. The second kappa shape index (κ2) is 9.58. The van der Waals surface area contributed by atoms with Gasteiger partial charge in [0.05, 0.1) is 16.9 Å². The Morgan fingerprint density at radius 1 is 0.743 bits per heavy atom. The first-order valence-electron chi connectivity index (χ1n) is 11.3. The lowest BCUT2D eigenvalue weighted by Crippen LogP contribution is -2.27. The predicted octanol–water partition coefficient (Wildman–Crippen LogP) is 6.23. The maximum absolute atomic E-state index is 15.5. The zero-order valence-corrected chi connectivity index (χ0v) is 20.8. The average molecular weight is 499 g/mol. The Morgan fingerprint density at radius 3 is 1.74 bits per heavy atom. The van der Waals surface area contributed by atoms with Gasteiger partial charge in [-0.1, -0.05) is 103 Å². The van der Waals surface area contributed by atoms with Gasteiger partial charge in [0.2, 0.25) is 0 Å². The molecule has 1 heterocycles. The molecule has 0 radical (unpaired) electrons. The van der Waals surface area contributed by atoms with Crippen molar-refractivity contribution in [2.24, 2.45) is 0 Å². The van der Waals surface area contributed by atoms with Crippen LogP contribution < -0.4 is 16.2 Å². The fourth-order valence-corrected chi connectivity index (χ4v) is 8.10. The van der Waals surface area contributed by atoms with Gasteiger partial charge in [-0.05, 0) is 36.8 Å². The standard InChI is InChI=1S/C29H24ClN2O2P/c1-21-27(29(33)32(31-21)24-11-5-2-6-12-24)28(22-17-19-23(30)20-18-22)35(34,25-13-7-3-8-14-25)26-15-9-4-10-16-26/h2-20,28,31H,1H3. The van der Waals surface area contributed by atoms with Crippen molar-refractivity contribution < 1.29 is 4.57 Å². The van der Waals surface area contributed by atoms with E-state index in [9.17, 15) is 4.79 Å². The van der Waals surface area contributed by atoms with Crippen molar-refractivity contribution in [3.63, 3.8) is 0 Å². The molecule has 0 fully saturated rings. The largest absolute Gasteiger partial charge is 0.313 e. The van der Waals surface area contributed by atoms with Crippen molar-refractivity contribution in [2.45, 2.75) is 12.6 Å². The number of aryl methyl sites for hydroxylation is 1. The molecule has 5 rings (SSSR count). The normalized spacial score (nSPS) is 12.4. The Labute approximate surface area is 209 Å². The minimum atomic E-state index is -3.40. The third-order valence-electron chi connectivity index (χ3n) is 6.23. The summed E-state index contributed by atoms with van der Waals surface area (Å²) in [6.07, 6.45) is 0. The van der Waals surface area contributed by atoms with E-state index in [1.165, 1.54) is 4.68 Å². The number of nitrogens with zero attached hydrogens (tertiary/aromatic N) is 1. The molecule has 0 aliphatic carbocycles. The number of H-pyrrole nitrogens is 1. The third-order valence-corrected chi connectivity index (χ3v) is 9.90. The van der Waals surface area contributed by atoms with Gasteiger partial charge in [0.25, 0.3) is 5.56 Å². The third kappa shape index (κ3) is 4.20. The van der Waals surface area contributed by atoms with E-state index in [1.54, 1.807) is 12.1 Å². The number of aromatic nitrogens is 2. The zero-order chi connectivity index (χ0) is 24.4. The van der Waals surface area contributed by atoms with Gasteiger partial charge in [0, 0.05) is 21.3 Å². The summed E-state index contributed by atoms with van der Waals surface area (Å²) in [5.74, 6) is 0. The monoisotopic (exact) mass is 498 g/mol. The van der Waals surface area contributed by atoms with Crippen molar-refractivity contribution in [2.75, 3.05) is 0 Å². The van der Waals surface area contributed by atoms with E-state index in [0.29, 0.717) is 26.9 Å². The molecule has 0 aliphatic rings. The molecule has 5 aromatic rings. The van der Waals surface area contributed by atoms with Crippen LogP contribution in [0.5, 0.6) is 0 Å². The van der Waals surface area contributed by atoms with Crippen LogP contribution >= 0.6 is 18.7 Å². The van der Waals surface area contributed by atoms with Crippen molar-refractivity contribution in [1.29, 1.82) is 0 Å². The van der Waals surface area contributed by atoms with Gasteiger partial charge >= 0.3 is 0 Å². The van der Waals surface area contributed by atoms with Gasteiger partial charge < -0.3 is 4.57 Å². The van der Waals surface area contributed by atoms with Crippen LogP contribution in [0.2, 0.25) is 5.02 Å². The van der Waals surface area contributed by atoms with E-state index in [1.807, 2.05) is 110 Å². The topological polar surface area (TPSA) is 54.9 Å². The first kappa shape index (κ1) is 23.2. The van der Waals surface area contributed by atoms with E-state index in [-0.39, 0.29) is 5.56 Å². The highest BCUT2D eigenvalue weighted by Crippen LogP contribution is 2.60. The van der Waals surface area contributed by atoms with Crippen molar-refractivity contribution in [3.05, 3.63) is 147 Å². The lowest BCUT2D eigenvalue weighted by atomic mass is 10.1. The average Bonchev–Trinajstić information content (AvgIpc) is 3.20. The number of halogens is 1. The summed E-state index contributed by atoms with van der Waals surface area (Å²) < 4.78 is 17.0. The smallest absolute Gasteiger partial charge is 0.275 e. The molecule has 35 heavy (non-hydrogen) atoms. The summed E-state index contributed by atoms with van der Waals surface area (Å²) >= 11 is 6.22. The quantitative estimate of drug-likeness (QED) is 0.282. The fourth-order valence-electron chi connectivity index (χ4n) is 4.59. The molecule has 0 saturated heterocycles. The zero-order valence-electron chi connectivity index (χ0n) is 19.1. The first-order valence-corrected chi connectivity index (χ1v) is 13.5. The number of hydrogen-bond donors (Lipinski definition) is 1. The second-order valence-electron chi connectivity index (χ2n) is 8.41. The van der Waals surface area contributed by atoms with Crippen LogP contribution in [0.15, 0.2) is 120 Å². The summed E-state index contributed by atoms with van der Waals surface area (Å²) in [7, 11) is -3.40. The molecular weight excluding hydrogens is 475 g/mol. The minimum Gasteiger partial charge on any atom is -0.313 e. The van der Waals surface area contributed by atoms with Crippen LogP contribution in [0.4, 0.5) is 0 Å². The molecule has 0 aliphatic heterocycles. The molecule has 0 spiro atoms. The van der Waals surface area contributed by atoms with Gasteiger partial charge in [-0.2, -0.15) is 0 Å². The highest BCUT2D eigenvalue weighted by Gasteiger charge is 2.42. The second-order valence-corrected chi connectivity index (χ2v) is 11.7. The van der Waals surface area contributed by atoms with Crippen LogP contribution in [0.3, 0.4) is 0 Å². The number of benzene rings is 4. The van der Waals surface area contributed by atoms with Crippen LogP contribution in [0.25, 0.3) is 5.69 Å². The molecular formula is C29H24ClN2O2P. The summed E-state index contributed by atoms with van der Waals surface area (Å²) in [6.45, 7) is 1.86. The molecule has 4 aromatic carbocycles. The van der Waals surface area contributed by atoms with Crippen molar-refractivity contribution in [1.82, 2.24) is 9.78 Å². The summed E-state index contributed by atoms with van der Waals surface area (Å²) in [6, 6.07) is 35.6. The van der Waals surface area contributed by atoms with Crippen molar-refractivity contribution >= 4 is 29.4 Å². The first-order chi connectivity index (χ1) is 17.0. The lowest BCUT2D eigenvalue weighted by molar-refractivity contribution is 0.582. The summed E-state index contributed by atoms with van der Waals surface area (Å²) in [5.41, 5.74) is 1.71. The summed E-state index contributed by atoms with van der Waals surface area (Å²) in [4.78, 5) is 14.0. The Hall–Kier alpha value is -3.59. The number of aromatic amines is 1. The van der Waals surface area contributed by atoms with E-state index in [2.05, 4.69) is 5.10 Å². The van der Waals surface area contributed by atoms with Crippen LogP contribution in [0, 0.1) is 6.92 Å². The number of hydrogen-bond acceptors (Lipinski definition) is 2. The van der Waals surface area contributed by atoms with E-state index in [4.69, 9.17) is 11.6 Å². The highest BCUT2D eigenvalue weighted by atomic mass is 35.5. The molecule has 0 saturated carbocycles. The SMILES string of the molecule is Cc1[nH]n(-c2ccccc2)c(=O)c1C(c1ccc(Cl)cc1)P(=O)(c1ccccc1)c1ccccc1. The Morgan fingerprint density at radius 2 is 1.23 bits per heavy atom. The van der Waals surface area contributed by atoms with Crippen molar-refractivity contribution in [3.8, 4) is 5.69 Å². The van der Waals surface area contributed by atoms with Gasteiger partial charge in [-0.25, -0.2) is 4.68 Å². The molecule has 1 N–H and O–H groups in total. The minimum absolute atomic E-state index is 0.222. The molecule has 0 bridgehead atoms. The van der Waals surface area contributed by atoms with Crippen LogP contribution in [-0.4, -0.2) is 9.78 Å². The van der Waals surface area contributed by atoms with Gasteiger partial charge in [-0.15, -0.1) is 0 Å². The maximum Gasteiger partial charge on any atom is 0.275 e. The number of para-hydroxylation sites is 1. The van der Waals surface area contributed by atoms with Gasteiger partial charge in [-0.3, -0.25) is 9.89 Å². The molecule has 6 heteroatoms. The molecule has 1 atom stereocenters. The van der Waals surface area contributed by atoms with Gasteiger partial charge in [0.15, 0.2) is 7.14 Å². The molecule has 1 unspecified atom stereocenters. The number of nitrogens with one attached hydrogen (secondary N) is 1. The molecule has 4 nitrogen and oxygen atoms in total. The van der Waals surface area contributed by atoms with Crippen LogP contribution in [0.1, 0.15) is 22.5 Å². The van der Waals surface area contributed by atoms with E-state index >= 15 is 4.57 Å². The predicted molar refractivity (Wildman–Crippen MR) is 144 cm³/mol. The molecule has 1 aromatic heterocycles. The lowest BCUT2D eigenvalue weighted by Gasteiger charge is -2.29. The Balaban J connectivity index is 1.85.